The van der Waals surface area contributed by atoms with Crippen LogP contribution < -0.4 is 4.90 Å². The Morgan fingerprint density at radius 2 is 2.32 bits per heavy atom. The van der Waals surface area contributed by atoms with Crippen molar-refractivity contribution in [2.45, 2.75) is 36.8 Å². The minimum Gasteiger partial charge on any atom is -0.300 e. The quantitative estimate of drug-likeness (QED) is 0.629. The number of carbonyl (C=O) groups excluding carboxylic acids is 1. The smallest absolute Gasteiger partial charge is 0.216 e. The predicted octanol–water partition coefficient (Wildman–Crippen LogP) is 3.75. The summed E-state index contributed by atoms with van der Waals surface area (Å²) in [5.74, 6) is 0.880. The van der Waals surface area contributed by atoms with Gasteiger partial charge in [0.2, 0.25) is 5.95 Å². The number of thioether (sulfide) groups is 1. The molecule has 0 bridgehead atoms. The lowest BCUT2D eigenvalue weighted by Crippen LogP contribution is -2.41. The summed E-state index contributed by atoms with van der Waals surface area (Å²) in [5, 5.41) is 1.10. The van der Waals surface area contributed by atoms with Gasteiger partial charge in [-0.3, -0.25) is 14.3 Å². The monoisotopic (exact) mass is 311 g/mol. The minimum absolute atomic E-state index is 0.196. The molecule has 1 unspecified atom stereocenters. The van der Waals surface area contributed by atoms with Crippen molar-refractivity contribution in [1.29, 1.82) is 0 Å². The van der Waals surface area contributed by atoms with Crippen LogP contribution in [0.15, 0.2) is 53.9 Å². The number of imidazole rings is 1. The molecule has 3 heterocycles. The topological polar surface area (TPSA) is 38.1 Å². The van der Waals surface area contributed by atoms with Gasteiger partial charge in [-0.25, -0.2) is 4.98 Å². The molecule has 0 N–H and O–H groups in total. The largest absolute Gasteiger partial charge is 0.300 e. The number of hydrogen-bond acceptors (Lipinski definition) is 4. The van der Waals surface area contributed by atoms with Crippen molar-refractivity contribution < 1.29 is 4.79 Å². The first-order valence-electron chi connectivity index (χ1n) is 7.59. The molecule has 1 aromatic heterocycles. The second kappa shape index (κ2) is 5.02. The summed E-state index contributed by atoms with van der Waals surface area (Å²) < 4.78 is 2.13. The number of aromatic nitrogens is 2. The average Bonchev–Trinajstić information content (AvgIpc) is 3.04. The number of carbonyl (C=O) groups is 1. The molecule has 1 aromatic rings. The van der Waals surface area contributed by atoms with Crippen LogP contribution in [-0.4, -0.2) is 20.2 Å². The molecule has 0 saturated carbocycles. The zero-order chi connectivity index (χ0) is 15.2. The van der Waals surface area contributed by atoms with Crippen LogP contribution in [0.1, 0.15) is 26.2 Å². The number of nitrogens with zero attached hydrogens (tertiary/aromatic N) is 3. The van der Waals surface area contributed by atoms with E-state index in [1.54, 1.807) is 0 Å². The summed E-state index contributed by atoms with van der Waals surface area (Å²) in [5.41, 5.74) is 0.898. The SMILES string of the molecule is CCCC(=O)Sc1cnc2n1C1=CCC=CC13C=CC=CN23. The van der Waals surface area contributed by atoms with E-state index in [1.165, 1.54) is 17.5 Å². The van der Waals surface area contributed by atoms with Crippen LogP contribution in [0.3, 0.4) is 0 Å². The second-order valence-electron chi connectivity index (χ2n) is 5.58. The molecule has 5 heteroatoms. The number of anilines is 1. The van der Waals surface area contributed by atoms with Gasteiger partial charge in [-0.15, -0.1) is 0 Å². The molecule has 1 aliphatic carbocycles. The maximum atomic E-state index is 12.0. The van der Waals surface area contributed by atoms with Gasteiger partial charge in [0.1, 0.15) is 10.6 Å². The second-order valence-corrected chi connectivity index (χ2v) is 6.66. The molecule has 1 atom stereocenters. The highest BCUT2D eigenvalue weighted by Crippen LogP contribution is 2.49. The first-order valence-corrected chi connectivity index (χ1v) is 8.40. The summed E-state index contributed by atoms with van der Waals surface area (Å²) in [6.07, 6.45) is 19.1. The zero-order valence-corrected chi connectivity index (χ0v) is 13.2. The summed E-state index contributed by atoms with van der Waals surface area (Å²) in [7, 11) is 0. The fraction of sp³-hybridized carbons (Fsp3) is 0.294. The Hall–Kier alpha value is -2.01. The number of hydrogen-bond donors (Lipinski definition) is 0. The van der Waals surface area contributed by atoms with Crippen LogP contribution in [0.4, 0.5) is 5.95 Å². The lowest BCUT2D eigenvalue weighted by Gasteiger charge is -2.35. The van der Waals surface area contributed by atoms with Gasteiger partial charge >= 0.3 is 0 Å². The molecule has 0 saturated heterocycles. The molecule has 112 valence electrons. The Balaban J connectivity index is 1.80. The number of fused-ring (bicyclic) bond motifs is 3. The van der Waals surface area contributed by atoms with Gasteiger partial charge in [-0.1, -0.05) is 31.2 Å². The molecule has 0 aromatic carbocycles. The van der Waals surface area contributed by atoms with Crippen LogP contribution in [-0.2, 0) is 4.79 Å². The van der Waals surface area contributed by atoms with Gasteiger partial charge in [0, 0.05) is 12.6 Å². The lowest BCUT2D eigenvalue weighted by atomic mass is 9.88. The van der Waals surface area contributed by atoms with E-state index in [4.69, 9.17) is 0 Å². The third kappa shape index (κ3) is 1.78. The molecule has 1 spiro atoms. The van der Waals surface area contributed by atoms with E-state index in [-0.39, 0.29) is 10.7 Å². The average molecular weight is 311 g/mol. The molecule has 0 radical (unpaired) electrons. The van der Waals surface area contributed by atoms with E-state index in [2.05, 4.69) is 51.0 Å². The molecule has 4 nitrogen and oxygen atoms in total. The van der Waals surface area contributed by atoms with Gasteiger partial charge in [0.15, 0.2) is 5.12 Å². The maximum Gasteiger partial charge on any atom is 0.216 e. The lowest BCUT2D eigenvalue weighted by molar-refractivity contribution is -0.111. The van der Waals surface area contributed by atoms with Crippen molar-refractivity contribution in [1.82, 2.24) is 9.55 Å². The molecule has 22 heavy (non-hydrogen) atoms. The van der Waals surface area contributed by atoms with Crippen molar-refractivity contribution in [3.63, 3.8) is 0 Å². The van der Waals surface area contributed by atoms with Gasteiger partial charge in [0.25, 0.3) is 0 Å². The highest BCUT2D eigenvalue weighted by Gasteiger charge is 2.47. The molecule has 3 aliphatic rings. The van der Waals surface area contributed by atoms with E-state index < -0.39 is 0 Å². The number of rotatable bonds is 3. The third-order valence-corrected chi connectivity index (χ3v) is 5.09. The van der Waals surface area contributed by atoms with Crippen LogP contribution >= 0.6 is 11.8 Å². The van der Waals surface area contributed by atoms with E-state index in [9.17, 15) is 4.79 Å². The fourth-order valence-corrected chi connectivity index (χ4v) is 4.15. The van der Waals surface area contributed by atoms with E-state index >= 15 is 0 Å². The van der Waals surface area contributed by atoms with Crippen LogP contribution in [0.25, 0.3) is 5.70 Å². The van der Waals surface area contributed by atoms with Crippen LogP contribution in [0.5, 0.6) is 0 Å². The normalized spacial score (nSPS) is 24.0. The first-order chi connectivity index (χ1) is 10.8. The van der Waals surface area contributed by atoms with E-state index in [0.717, 1.165) is 23.8 Å². The summed E-state index contributed by atoms with van der Waals surface area (Å²) in [6, 6.07) is 0. The van der Waals surface area contributed by atoms with Crippen molar-refractivity contribution in [3.05, 3.63) is 48.9 Å². The summed E-state index contributed by atoms with van der Waals surface area (Å²) in [6.45, 7) is 2.03. The van der Waals surface area contributed by atoms with Crippen molar-refractivity contribution in [2.75, 3.05) is 4.90 Å². The number of allylic oxidation sites excluding steroid dienone is 4. The molecular formula is C17H17N3OS. The molecule has 2 aliphatic heterocycles. The van der Waals surface area contributed by atoms with Crippen molar-refractivity contribution in [3.8, 4) is 0 Å². The van der Waals surface area contributed by atoms with E-state index in [0.29, 0.717) is 6.42 Å². The standard InChI is InChI=1S/C17H17N3OS/c1-2-7-15(21)22-14-12-18-16-19-11-6-5-10-17(19)9-4-3-8-13(17)20(14)16/h4-6,8-12H,2-3,7H2,1H3. The molecule has 0 fully saturated rings. The molecular weight excluding hydrogens is 294 g/mol. The van der Waals surface area contributed by atoms with Gasteiger partial charge in [-0.2, -0.15) is 0 Å². The Labute approximate surface area is 133 Å². The molecule has 0 amide bonds. The van der Waals surface area contributed by atoms with Gasteiger partial charge in [0.05, 0.1) is 11.9 Å². The van der Waals surface area contributed by atoms with Crippen LogP contribution in [0.2, 0.25) is 0 Å². The zero-order valence-electron chi connectivity index (χ0n) is 12.4. The Kier molecular flexibility index (Phi) is 3.11. The van der Waals surface area contributed by atoms with Crippen LogP contribution in [0, 0.1) is 0 Å². The third-order valence-electron chi connectivity index (χ3n) is 4.16. The Bertz CT molecular complexity index is 756. The minimum atomic E-state index is -0.278. The highest BCUT2D eigenvalue weighted by atomic mass is 32.2. The molecule has 4 rings (SSSR count). The van der Waals surface area contributed by atoms with Gasteiger partial charge in [-0.05, 0) is 36.8 Å². The van der Waals surface area contributed by atoms with Crippen molar-refractivity contribution in [2.24, 2.45) is 0 Å². The summed E-state index contributed by atoms with van der Waals surface area (Å²) in [4.78, 5) is 18.8. The predicted molar refractivity (Wildman–Crippen MR) is 89.5 cm³/mol. The first kappa shape index (κ1) is 13.6. The Morgan fingerprint density at radius 3 is 3.18 bits per heavy atom. The summed E-state index contributed by atoms with van der Waals surface area (Å²) >= 11 is 1.30. The maximum absolute atomic E-state index is 12.0. The Morgan fingerprint density at radius 1 is 1.41 bits per heavy atom. The van der Waals surface area contributed by atoms with E-state index in [1.807, 2.05) is 19.2 Å². The van der Waals surface area contributed by atoms with Gasteiger partial charge < -0.3 is 0 Å². The fourth-order valence-electron chi connectivity index (χ4n) is 3.23. The van der Waals surface area contributed by atoms with Crippen molar-refractivity contribution >= 4 is 28.5 Å². The highest BCUT2D eigenvalue weighted by molar-refractivity contribution is 8.13.